The Morgan fingerprint density at radius 3 is 2.56 bits per heavy atom. The Kier molecular flexibility index (Phi) is 5.55. The van der Waals surface area contributed by atoms with Gasteiger partial charge in [0.25, 0.3) is 0 Å². The van der Waals surface area contributed by atoms with E-state index < -0.39 is 0 Å². The van der Waals surface area contributed by atoms with E-state index in [2.05, 4.69) is 10.6 Å². The summed E-state index contributed by atoms with van der Waals surface area (Å²) in [4.78, 5) is 39.5. The topological polar surface area (TPSA) is 81.8 Å². The Balaban J connectivity index is 1.44. The summed E-state index contributed by atoms with van der Waals surface area (Å²) >= 11 is 6.04. The van der Waals surface area contributed by atoms with Gasteiger partial charge in [-0.3, -0.25) is 19.3 Å². The molecule has 2 N–H and O–H groups in total. The van der Waals surface area contributed by atoms with Gasteiger partial charge < -0.3 is 15.5 Å². The van der Waals surface area contributed by atoms with Gasteiger partial charge >= 0.3 is 0 Å². The second-order valence-corrected chi connectivity index (χ2v) is 6.70. The second kappa shape index (κ2) is 7.84. The number of nitrogens with one attached hydrogen (secondary N) is 2. The van der Waals surface area contributed by atoms with Gasteiger partial charge in [-0.25, -0.2) is 0 Å². The SMILES string of the molecule is O=C(CN1CCN(C(=O)[C@H]2CCC(=O)N2)CC1)Nc1ccccc1Cl. The minimum atomic E-state index is -0.387. The molecule has 25 heavy (non-hydrogen) atoms. The van der Waals surface area contributed by atoms with Crippen molar-refractivity contribution in [3.8, 4) is 0 Å². The Hall–Kier alpha value is -2.12. The molecule has 7 nitrogen and oxygen atoms in total. The van der Waals surface area contributed by atoms with E-state index in [9.17, 15) is 14.4 Å². The highest BCUT2D eigenvalue weighted by molar-refractivity contribution is 6.33. The summed E-state index contributed by atoms with van der Waals surface area (Å²) in [6.45, 7) is 2.63. The number of para-hydroxylation sites is 1. The predicted octanol–water partition coefficient (Wildman–Crippen LogP) is 0.701. The molecule has 0 aliphatic carbocycles. The molecule has 3 rings (SSSR count). The molecule has 2 aliphatic heterocycles. The number of nitrogens with zero attached hydrogens (tertiary/aromatic N) is 2. The summed E-state index contributed by atoms with van der Waals surface area (Å²) in [5.74, 6) is -0.213. The van der Waals surface area contributed by atoms with E-state index in [4.69, 9.17) is 11.6 Å². The van der Waals surface area contributed by atoms with Crippen LogP contribution >= 0.6 is 11.6 Å². The number of hydrogen-bond donors (Lipinski definition) is 2. The summed E-state index contributed by atoms with van der Waals surface area (Å²) in [5.41, 5.74) is 0.597. The summed E-state index contributed by atoms with van der Waals surface area (Å²) in [5, 5.41) is 6.01. The number of benzene rings is 1. The van der Waals surface area contributed by atoms with Crippen LogP contribution in [-0.2, 0) is 14.4 Å². The quantitative estimate of drug-likeness (QED) is 0.824. The lowest BCUT2D eigenvalue weighted by molar-refractivity contribution is -0.136. The molecule has 3 amide bonds. The number of rotatable bonds is 4. The van der Waals surface area contributed by atoms with Crippen molar-refractivity contribution in [2.75, 3.05) is 38.0 Å². The molecule has 2 aliphatic rings. The highest BCUT2D eigenvalue weighted by Gasteiger charge is 2.32. The van der Waals surface area contributed by atoms with Gasteiger partial charge in [-0.2, -0.15) is 0 Å². The van der Waals surface area contributed by atoms with Gasteiger partial charge in [-0.15, -0.1) is 0 Å². The summed E-state index contributed by atoms with van der Waals surface area (Å²) in [7, 11) is 0. The van der Waals surface area contributed by atoms with E-state index in [0.717, 1.165) is 0 Å². The Labute approximate surface area is 151 Å². The molecule has 0 radical (unpaired) electrons. The van der Waals surface area contributed by atoms with Gasteiger partial charge in [0.2, 0.25) is 17.7 Å². The van der Waals surface area contributed by atoms with Gasteiger partial charge in [0, 0.05) is 32.6 Å². The predicted molar refractivity (Wildman–Crippen MR) is 94.3 cm³/mol. The summed E-state index contributed by atoms with van der Waals surface area (Å²) in [6, 6.07) is 6.72. The number of carbonyl (C=O) groups excluding carboxylic acids is 3. The maximum absolute atomic E-state index is 12.4. The van der Waals surface area contributed by atoms with E-state index in [-0.39, 0.29) is 30.3 Å². The van der Waals surface area contributed by atoms with E-state index >= 15 is 0 Å². The van der Waals surface area contributed by atoms with Crippen LogP contribution in [0.1, 0.15) is 12.8 Å². The third kappa shape index (κ3) is 4.49. The average molecular weight is 365 g/mol. The minimum Gasteiger partial charge on any atom is -0.344 e. The molecule has 8 heteroatoms. The number of anilines is 1. The first-order valence-electron chi connectivity index (χ1n) is 8.38. The monoisotopic (exact) mass is 364 g/mol. The lowest BCUT2D eigenvalue weighted by Gasteiger charge is -2.35. The second-order valence-electron chi connectivity index (χ2n) is 6.29. The molecule has 1 atom stereocenters. The molecular weight excluding hydrogens is 344 g/mol. The molecule has 2 saturated heterocycles. The van der Waals surface area contributed by atoms with Crippen molar-refractivity contribution < 1.29 is 14.4 Å². The highest BCUT2D eigenvalue weighted by Crippen LogP contribution is 2.20. The lowest BCUT2D eigenvalue weighted by atomic mass is 10.2. The van der Waals surface area contributed by atoms with Crippen molar-refractivity contribution in [2.24, 2.45) is 0 Å². The van der Waals surface area contributed by atoms with E-state index in [0.29, 0.717) is 49.7 Å². The van der Waals surface area contributed by atoms with Crippen molar-refractivity contribution >= 4 is 35.0 Å². The number of piperazine rings is 1. The maximum Gasteiger partial charge on any atom is 0.245 e. The fourth-order valence-corrected chi connectivity index (χ4v) is 3.28. The number of halogens is 1. The van der Waals surface area contributed by atoms with Gasteiger partial charge in [-0.05, 0) is 18.6 Å². The van der Waals surface area contributed by atoms with Crippen LogP contribution in [0.3, 0.4) is 0 Å². The maximum atomic E-state index is 12.4. The van der Waals surface area contributed by atoms with E-state index in [1.54, 1.807) is 23.1 Å². The van der Waals surface area contributed by atoms with Gasteiger partial charge in [0.1, 0.15) is 6.04 Å². The third-order valence-corrected chi connectivity index (χ3v) is 4.82. The van der Waals surface area contributed by atoms with Gasteiger partial charge in [0.15, 0.2) is 0 Å². The number of carbonyl (C=O) groups is 3. The largest absolute Gasteiger partial charge is 0.344 e. The molecule has 0 saturated carbocycles. The van der Waals surface area contributed by atoms with Crippen LogP contribution in [0.4, 0.5) is 5.69 Å². The summed E-state index contributed by atoms with van der Waals surface area (Å²) in [6.07, 6.45) is 0.983. The number of hydrogen-bond acceptors (Lipinski definition) is 4. The number of amides is 3. The Morgan fingerprint density at radius 2 is 1.92 bits per heavy atom. The first-order valence-corrected chi connectivity index (χ1v) is 8.75. The van der Waals surface area contributed by atoms with Crippen molar-refractivity contribution in [3.05, 3.63) is 29.3 Å². The molecule has 0 bridgehead atoms. The standard InChI is InChI=1S/C17H21ClN4O3/c18-12-3-1-2-4-13(12)19-16(24)11-21-7-9-22(10-8-21)17(25)14-5-6-15(23)20-14/h1-4,14H,5-11H2,(H,19,24)(H,20,23)/t14-/m1/s1. The zero-order chi connectivity index (χ0) is 17.8. The average Bonchev–Trinajstić information content (AvgIpc) is 3.03. The van der Waals surface area contributed by atoms with Gasteiger partial charge in [-0.1, -0.05) is 23.7 Å². The minimum absolute atomic E-state index is 0.0222. The highest BCUT2D eigenvalue weighted by atomic mass is 35.5. The van der Waals surface area contributed by atoms with Crippen LogP contribution in [0.2, 0.25) is 5.02 Å². The van der Waals surface area contributed by atoms with Crippen LogP contribution in [0, 0.1) is 0 Å². The molecule has 0 unspecified atom stereocenters. The Bertz CT molecular complexity index is 674. The normalized spacial score (nSPS) is 21.1. The van der Waals surface area contributed by atoms with Crippen molar-refractivity contribution in [2.45, 2.75) is 18.9 Å². The lowest BCUT2D eigenvalue weighted by Crippen LogP contribution is -2.54. The molecule has 1 aromatic carbocycles. The van der Waals surface area contributed by atoms with Crippen LogP contribution < -0.4 is 10.6 Å². The van der Waals surface area contributed by atoms with Crippen LogP contribution in [0.5, 0.6) is 0 Å². The first kappa shape index (κ1) is 17.7. The molecule has 0 aromatic heterocycles. The molecule has 2 heterocycles. The van der Waals surface area contributed by atoms with Crippen molar-refractivity contribution in [1.29, 1.82) is 0 Å². The van der Waals surface area contributed by atoms with Crippen molar-refractivity contribution in [1.82, 2.24) is 15.1 Å². The third-order valence-electron chi connectivity index (χ3n) is 4.49. The van der Waals surface area contributed by atoms with Crippen LogP contribution in [0.15, 0.2) is 24.3 Å². The molecular formula is C17H21ClN4O3. The van der Waals surface area contributed by atoms with E-state index in [1.807, 2.05) is 11.0 Å². The molecule has 1 aromatic rings. The smallest absolute Gasteiger partial charge is 0.245 e. The fraction of sp³-hybridized carbons (Fsp3) is 0.471. The molecule has 134 valence electrons. The van der Waals surface area contributed by atoms with Crippen LogP contribution in [0.25, 0.3) is 0 Å². The van der Waals surface area contributed by atoms with Crippen LogP contribution in [-0.4, -0.2) is 66.3 Å². The van der Waals surface area contributed by atoms with E-state index in [1.165, 1.54) is 0 Å². The fourth-order valence-electron chi connectivity index (χ4n) is 3.10. The zero-order valence-corrected chi connectivity index (χ0v) is 14.6. The van der Waals surface area contributed by atoms with Gasteiger partial charge in [0.05, 0.1) is 17.3 Å². The summed E-state index contributed by atoms with van der Waals surface area (Å²) < 4.78 is 0. The van der Waals surface area contributed by atoms with Crippen molar-refractivity contribution in [3.63, 3.8) is 0 Å². The first-order chi connectivity index (χ1) is 12.0. The molecule has 2 fully saturated rings. The zero-order valence-electron chi connectivity index (χ0n) is 13.8. The Morgan fingerprint density at radius 1 is 1.20 bits per heavy atom. The molecule has 0 spiro atoms.